The summed E-state index contributed by atoms with van der Waals surface area (Å²) in [5, 5.41) is 7.20. The number of halogens is 3. The summed E-state index contributed by atoms with van der Waals surface area (Å²) in [5.74, 6) is 0.510. The quantitative estimate of drug-likeness (QED) is 0.537. The third-order valence-corrected chi connectivity index (χ3v) is 5.71. The van der Waals surface area contributed by atoms with Gasteiger partial charge in [0, 0.05) is 27.9 Å². The highest BCUT2D eigenvalue weighted by molar-refractivity contribution is 8.00. The van der Waals surface area contributed by atoms with Crippen molar-refractivity contribution in [1.29, 1.82) is 0 Å². The Morgan fingerprint density at radius 3 is 2.55 bits per heavy atom. The molecule has 3 aromatic rings. The topological polar surface area (TPSA) is 71.1 Å². The molecule has 1 amide bonds. The van der Waals surface area contributed by atoms with Gasteiger partial charge in [-0.25, -0.2) is 4.98 Å². The fourth-order valence-electron chi connectivity index (χ4n) is 3.74. The standard InChI is InChI=1S/C21H19F3N4O2S/c1-11(2)17-16-18(27-26-17)20(29)28(19(16)13-6-4-5-7-14(13)30-3)15-9-8-12(10-25-15)31-21(22,23)24/h4-11,19H,1-3H3,(H,26,27). The lowest BCUT2D eigenvalue weighted by molar-refractivity contribution is -0.0328. The SMILES string of the molecule is COc1ccccc1C1c2c(n[nH]c2C(C)C)C(=O)N1c1ccc(SC(F)(F)F)cn1. The number of aromatic amines is 1. The van der Waals surface area contributed by atoms with Gasteiger partial charge in [-0.05, 0) is 35.9 Å². The highest BCUT2D eigenvalue weighted by Gasteiger charge is 2.45. The Labute approximate surface area is 180 Å². The maximum Gasteiger partial charge on any atom is 0.446 e. The molecule has 0 aliphatic carbocycles. The van der Waals surface area contributed by atoms with E-state index in [9.17, 15) is 18.0 Å². The molecule has 0 saturated carbocycles. The molecule has 1 aliphatic heterocycles. The average Bonchev–Trinajstić information content (AvgIpc) is 3.27. The van der Waals surface area contributed by atoms with Crippen LogP contribution in [0, 0.1) is 0 Å². The Morgan fingerprint density at radius 1 is 1.19 bits per heavy atom. The van der Waals surface area contributed by atoms with Crippen LogP contribution in [0.15, 0.2) is 47.5 Å². The first kappa shape index (κ1) is 21.2. The van der Waals surface area contributed by atoms with Crippen molar-refractivity contribution in [2.75, 3.05) is 12.0 Å². The first-order valence-corrected chi connectivity index (χ1v) is 10.3. The normalized spacial score (nSPS) is 16.2. The van der Waals surface area contributed by atoms with Gasteiger partial charge in [0.15, 0.2) is 5.69 Å². The van der Waals surface area contributed by atoms with Crippen molar-refractivity contribution in [1.82, 2.24) is 15.2 Å². The van der Waals surface area contributed by atoms with Crippen molar-refractivity contribution >= 4 is 23.5 Å². The number of amides is 1. The van der Waals surface area contributed by atoms with E-state index in [-0.39, 0.29) is 40.0 Å². The minimum atomic E-state index is -4.42. The van der Waals surface area contributed by atoms with Crippen LogP contribution in [-0.4, -0.2) is 33.7 Å². The molecule has 1 unspecified atom stereocenters. The van der Waals surface area contributed by atoms with E-state index in [4.69, 9.17) is 4.74 Å². The van der Waals surface area contributed by atoms with Crippen LogP contribution >= 0.6 is 11.8 Å². The van der Waals surface area contributed by atoms with Crippen molar-refractivity contribution in [3.05, 3.63) is 65.1 Å². The van der Waals surface area contributed by atoms with Crippen LogP contribution in [0.2, 0.25) is 0 Å². The highest BCUT2D eigenvalue weighted by atomic mass is 32.2. The molecule has 1 N–H and O–H groups in total. The zero-order chi connectivity index (χ0) is 22.3. The maximum atomic E-state index is 13.3. The molecule has 0 spiro atoms. The Kier molecular flexibility index (Phi) is 5.42. The molecule has 6 nitrogen and oxygen atoms in total. The first-order chi connectivity index (χ1) is 14.7. The van der Waals surface area contributed by atoms with E-state index in [0.29, 0.717) is 5.75 Å². The van der Waals surface area contributed by atoms with Crippen LogP contribution in [0.1, 0.15) is 53.1 Å². The number of H-pyrrole nitrogens is 1. The van der Waals surface area contributed by atoms with E-state index in [1.165, 1.54) is 17.0 Å². The van der Waals surface area contributed by atoms with Gasteiger partial charge in [-0.2, -0.15) is 18.3 Å². The highest BCUT2D eigenvalue weighted by Crippen LogP contribution is 2.46. The molecule has 1 aliphatic rings. The maximum absolute atomic E-state index is 13.3. The van der Waals surface area contributed by atoms with E-state index >= 15 is 0 Å². The van der Waals surface area contributed by atoms with Crippen molar-refractivity contribution in [3.63, 3.8) is 0 Å². The lowest BCUT2D eigenvalue weighted by Crippen LogP contribution is -2.30. The molecule has 1 atom stereocenters. The molecule has 3 heterocycles. The molecule has 1 aromatic carbocycles. The monoisotopic (exact) mass is 448 g/mol. The van der Waals surface area contributed by atoms with Crippen molar-refractivity contribution in [2.24, 2.45) is 0 Å². The molecule has 0 fully saturated rings. The lowest BCUT2D eigenvalue weighted by Gasteiger charge is -2.27. The predicted molar refractivity (Wildman–Crippen MR) is 110 cm³/mol. The summed E-state index contributed by atoms with van der Waals surface area (Å²) in [6.07, 6.45) is 1.12. The van der Waals surface area contributed by atoms with Gasteiger partial charge in [0.05, 0.1) is 13.2 Å². The number of aromatic nitrogens is 3. The Bertz CT molecular complexity index is 1110. The number of nitrogens with one attached hydrogen (secondary N) is 1. The summed E-state index contributed by atoms with van der Waals surface area (Å²) in [5.41, 5.74) is -1.88. The van der Waals surface area contributed by atoms with Crippen LogP contribution < -0.4 is 9.64 Å². The summed E-state index contributed by atoms with van der Waals surface area (Å²) in [4.78, 5) is 18.9. The van der Waals surface area contributed by atoms with Crippen LogP contribution in [0.3, 0.4) is 0 Å². The van der Waals surface area contributed by atoms with Gasteiger partial charge in [0.2, 0.25) is 0 Å². The second-order valence-corrected chi connectivity index (χ2v) is 8.41. The molecule has 10 heteroatoms. The number of methoxy groups -OCH3 is 1. The minimum absolute atomic E-state index is 0.0574. The molecular weight excluding hydrogens is 429 g/mol. The number of carbonyl (C=O) groups is 1. The average molecular weight is 448 g/mol. The van der Waals surface area contributed by atoms with Crippen molar-refractivity contribution < 1.29 is 22.7 Å². The number of fused-ring (bicyclic) bond motifs is 1. The largest absolute Gasteiger partial charge is 0.496 e. The third kappa shape index (κ3) is 3.87. The van der Waals surface area contributed by atoms with Crippen LogP contribution in [0.5, 0.6) is 5.75 Å². The van der Waals surface area contributed by atoms with E-state index in [1.807, 2.05) is 32.0 Å². The van der Waals surface area contributed by atoms with E-state index in [0.717, 1.165) is 23.0 Å². The number of anilines is 1. The number of carbonyl (C=O) groups excluding carboxylic acids is 1. The molecule has 4 rings (SSSR count). The fraction of sp³-hybridized carbons (Fsp3) is 0.286. The van der Waals surface area contributed by atoms with Gasteiger partial charge in [0.25, 0.3) is 5.91 Å². The van der Waals surface area contributed by atoms with Crippen LogP contribution in [-0.2, 0) is 0 Å². The number of pyridine rings is 1. The lowest BCUT2D eigenvalue weighted by atomic mass is 9.94. The second-order valence-electron chi connectivity index (χ2n) is 7.27. The Morgan fingerprint density at radius 2 is 1.94 bits per heavy atom. The van der Waals surface area contributed by atoms with Gasteiger partial charge in [-0.3, -0.25) is 14.8 Å². The van der Waals surface area contributed by atoms with Crippen LogP contribution in [0.4, 0.5) is 19.0 Å². The molecule has 31 heavy (non-hydrogen) atoms. The van der Waals surface area contributed by atoms with Crippen molar-refractivity contribution in [3.8, 4) is 5.75 Å². The van der Waals surface area contributed by atoms with E-state index < -0.39 is 11.6 Å². The molecule has 0 saturated heterocycles. The van der Waals surface area contributed by atoms with Gasteiger partial charge >= 0.3 is 5.51 Å². The number of para-hydroxylation sites is 1. The number of ether oxygens (including phenoxy) is 1. The summed E-state index contributed by atoms with van der Waals surface area (Å²) in [6.45, 7) is 3.98. The first-order valence-electron chi connectivity index (χ1n) is 9.47. The number of benzene rings is 1. The van der Waals surface area contributed by atoms with Gasteiger partial charge in [0.1, 0.15) is 11.6 Å². The fourth-order valence-corrected chi connectivity index (χ4v) is 4.25. The number of rotatable bonds is 5. The smallest absolute Gasteiger partial charge is 0.446 e. The van der Waals surface area contributed by atoms with E-state index in [1.54, 1.807) is 13.2 Å². The molecule has 0 bridgehead atoms. The molecule has 2 aromatic heterocycles. The molecular formula is C21H19F3N4O2S. The molecule has 0 radical (unpaired) electrons. The number of hydrogen-bond donors (Lipinski definition) is 1. The van der Waals surface area contributed by atoms with Gasteiger partial charge in [-0.15, -0.1) is 0 Å². The summed E-state index contributed by atoms with van der Waals surface area (Å²) in [7, 11) is 1.54. The number of alkyl halides is 3. The zero-order valence-electron chi connectivity index (χ0n) is 16.9. The van der Waals surface area contributed by atoms with Gasteiger partial charge < -0.3 is 4.74 Å². The summed E-state index contributed by atoms with van der Waals surface area (Å²) in [6, 6.07) is 9.45. The second kappa shape index (κ2) is 7.92. The van der Waals surface area contributed by atoms with E-state index in [2.05, 4.69) is 15.2 Å². The zero-order valence-corrected chi connectivity index (χ0v) is 17.7. The third-order valence-electron chi connectivity index (χ3n) is 5.00. The Balaban J connectivity index is 1.84. The summed E-state index contributed by atoms with van der Waals surface area (Å²) < 4.78 is 43.5. The molecule has 162 valence electrons. The number of nitrogens with zero attached hydrogens (tertiary/aromatic N) is 3. The number of hydrogen-bond acceptors (Lipinski definition) is 5. The predicted octanol–water partition coefficient (Wildman–Crippen LogP) is 5.30. The van der Waals surface area contributed by atoms with Gasteiger partial charge in [-0.1, -0.05) is 32.0 Å². The minimum Gasteiger partial charge on any atom is -0.496 e. The summed E-state index contributed by atoms with van der Waals surface area (Å²) >= 11 is -0.252. The number of thioether (sulfide) groups is 1. The Hall–Kier alpha value is -3.01. The van der Waals surface area contributed by atoms with Crippen LogP contribution in [0.25, 0.3) is 0 Å². The van der Waals surface area contributed by atoms with Crippen molar-refractivity contribution in [2.45, 2.75) is 36.2 Å².